The molecule has 0 fully saturated rings. The average Bonchev–Trinajstić information content (AvgIpc) is 2.70. The van der Waals surface area contributed by atoms with Crippen LogP contribution in [0.1, 0.15) is 32.0 Å². The molecule has 1 aromatic carbocycles. The molecule has 0 N–H and O–H groups in total. The summed E-state index contributed by atoms with van der Waals surface area (Å²) in [6, 6.07) is 4.89. The number of alkyl halides is 1. The predicted octanol–water partition coefficient (Wildman–Crippen LogP) is 3.90. The molecule has 1 aromatic heterocycles. The van der Waals surface area contributed by atoms with Crippen LogP contribution in [0.3, 0.4) is 0 Å². The third-order valence-corrected chi connectivity index (χ3v) is 3.19. The summed E-state index contributed by atoms with van der Waals surface area (Å²) in [5.74, 6) is 0.394. The largest absolute Gasteiger partial charge is 0.377 e. The molecule has 0 saturated carbocycles. The van der Waals surface area contributed by atoms with E-state index in [0.717, 1.165) is 0 Å². The number of fused-ring (bicyclic) bond motifs is 1. The Morgan fingerprint density at radius 3 is 2.79 bits per heavy atom. The van der Waals surface area contributed by atoms with E-state index in [1.54, 1.807) is 12.1 Å². The number of ether oxygens (including phenoxy) is 1. The lowest BCUT2D eigenvalue weighted by Crippen LogP contribution is -2.18. The minimum Gasteiger partial charge on any atom is -0.377 e. The van der Waals surface area contributed by atoms with Gasteiger partial charge in [0.1, 0.15) is 17.2 Å². The Morgan fingerprint density at radius 1 is 1.42 bits per heavy atom. The maximum atomic E-state index is 14.0. The van der Waals surface area contributed by atoms with Crippen LogP contribution in [0.2, 0.25) is 0 Å². The minimum atomic E-state index is -0.280. The van der Waals surface area contributed by atoms with E-state index < -0.39 is 0 Å². The highest BCUT2D eigenvalue weighted by Gasteiger charge is 2.19. The number of rotatable bonds is 5. The van der Waals surface area contributed by atoms with E-state index in [9.17, 15) is 4.39 Å². The Morgan fingerprint density at radius 2 is 2.16 bits per heavy atom. The lowest BCUT2D eigenvalue weighted by Gasteiger charge is -2.16. The van der Waals surface area contributed by atoms with Crippen LogP contribution in [0.5, 0.6) is 0 Å². The van der Waals surface area contributed by atoms with Crippen LogP contribution in [0.4, 0.5) is 4.39 Å². The molecule has 2 aromatic rings. The van der Waals surface area contributed by atoms with Crippen molar-refractivity contribution in [3.63, 3.8) is 0 Å². The van der Waals surface area contributed by atoms with Gasteiger partial charge in [0, 0.05) is 6.61 Å². The Labute approximate surface area is 117 Å². The summed E-state index contributed by atoms with van der Waals surface area (Å²) in [6.07, 6.45) is -0.0174. The number of hydrogen-bond donors (Lipinski definition) is 0. The van der Waals surface area contributed by atoms with Gasteiger partial charge in [0.05, 0.1) is 23.5 Å². The first-order valence-electron chi connectivity index (χ1n) is 6.44. The van der Waals surface area contributed by atoms with Crippen molar-refractivity contribution >= 4 is 22.6 Å². The van der Waals surface area contributed by atoms with Crippen molar-refractivity contribution in [3.8, 4) is 0 Å². The van der Waals surface area contributed by atoms with Crippen LogP contribution in [0.25, 0.3) is 11.0 Å². The first-order valence-corrected chi connectivity index (χ1v) is 6.88. The first kappa shape index (κ1) is 14.3. The fourth-order valence-electron chi connectivity index (χ4n) is 2.24. The van der Waals surface area contributed by atoms with E-state index in [-0.39, 0.29) is 17.3 Å². The highest BCUT2D eigenvalue weighted by atomic mass is 35.5. The summed E-state index contributed by atoms with van der Waals surface area (Å²) < 4.78 is 21.4. The minimum absolute atomic E-state index is 0.0174. The fourth-order valence-corrected chi connectivity index (χ4v) is 2.41. The molecule has 5 heteroatoms. The maximum absolute atomic E-state index is 14.0. The highest BCUT2D eigenvalue weighted by Crippen LogP contribution is 2.26. The van der Waals surface area contributed by atoms with Crippen molar-refractivity contribution in [2.24, 2.45) is 0 Å². The third-order valence-electron chi connectivity index (χ3n) is 2.99. The molecule has 104 valence electrons. The molecule has 0 radical (unpaired) electrons. The lowest BCUT2D eigenvalue weighted by atomic mass is 10.3. The summed E-state index contributed by atoms with van der Waals surface area (Å²) in [5.41, 5.74) is 1.13. The van der Waals surface area contributed by atoms with Crippen LogP contribution in [-0.4, -0.2) is 22.3 Å². The number of nitrogens with zero attached hydrogens (tertiary/aromatic N) is 2. The quantitative estimate of drug-likeness (QED) is 0.779. The monoisotopic (exact) mass is 284 g/mol. The van der Waals surface area contributed by atoms with Crippen molar-refractivity contribution < 1.29 is 9.13 Å². The van der Waals surface area contributed by atoms with Crippen LogP contribution in [0.15, 0.2) is 18.2 Å². The Kier molecular flexibility index (Phi) is 4.42. The summed E-state index contributed by atoms with van der Waals surface area (Å²) in [7, 11) is 0. The SMILES string of the molecule is CCOC(C)Cn1c(C(C)Cl)nc2cccc(F)c21. The zero-order chi connectivity index (χ0) is 14.0. The molecule has 0 aliphatic carbocycles. The first-order chi connectivity index (χ1) is 9.04. The smallest absolute Gasteiger partial charge is 0.149 e. The van der Waals surface area contributed by atoms with Gasteiger partial charge in [-0.25, -0.2) is 9.37 Å². The number of benzene rings is 1. The van der Waals surface area contributed by atoms with Gasteiger partial charge < -0.3 is 9.30 Å². The van der Waals surface area contributed by atoms with Gasteiger partial charge in [0.2, 0.25) is 0 Å². The number of aromatic nitrogens is 2. The fraction of sp³-hybridized carbons (Fsp3) is 0.500. The third kappa shape index (κ3) is 2.90. The van der Waals surface area contributed by atoms with Gasteiger partial charge in [-0.15, -0.1) is 11.6 Å². The molecular weight excluding hydrogens is 267 g/mol. The Hall–Kier alpha value is -1.13. The summed E-state index contributed by atoms with van der Waals surface area (Å²) in [6.45, 7) is 6.90. The molecule has 0 bridgehead atoms. The number of para-hydroxylation sites is 1. The molecule has 2 atom stereocenters. The van der Waals surface area contributed by atoms with Crippen molar-refractivity contribution in [2.45, 2.75) is 38.8 Å². The molecule has 19 heavy (non-hydrogen) atoms. The number of hydrogen-bond acceptors (Lipinski definition) is 2. The molecule has 3 nitrogen and oxygen atoms in total. The van der Waals surface area contributed by atoms with Crippen LogP contribution < -0.4 is 0 Å². The standard InChI is InChI=1S/C14H18ClFN2O/c1-4-19-9(2)8-18-13-11(16)6-5-7-12(13)17-14(18)10(3)15/h5-7,9-10H,4,8H2,1-3H3. The second-order valence-electron chi connectivity index (χ2n) is 4.57. The second kappa shape index (κ2) is 5.88. The summed E-state index contributed by atoms with van der Waals surface area (Å²) >= 11 is 6.15. The molecule has 2 unspecified atom stereocenters. The van der Waals surface area contributed by atoms with Gasteiger partial charge in [-0.05, 0) is 32.9 Å². The van der Waals surface area contributed by atoms with Crippen LogP contribution in [-0.2, 0) is 11.3 Å². The van der Waals surface area contributed by atoms with E-state index >= 15 is 0 Å². The van der Waals surface area contributed by atoms with Gasteiger partial charge in [-0.1, -0.05) is 6.07 Å². The molecule has 0 saturated heterocycles. The van der Waals surface area contributed by atoms with Crippen molar-refractivity contribution in [1.29, 1.82) is 0 Å². The van der Waals surface area contributed by atoms with Gasteiger partial charge in [-0.2, -0.15) is 0 Å². The summed E-state index contributed by atoms with van der Waals surface area (Å²) in [5, 5.41) is -0.277. The topological polar surface area (TPSA) is 27.1 Å². The van der Waals surface area contributed by atoms with Gasteiger partial charge in [-0.3, -0.25) is 0 Å². The van der Waals surface area contributed by atoms with Crippen molar-refractivity contribution in [2.75, 3.05) is 6.61 Å². The molecule has 0 amide bonds. The zero-order valence-electron chi connectivity index (χ0n) is 11.4. The maximum Gasteiger partial charge on any atom is 0.149 e. The van der Waals surface area contributed by atoms with Gasteiger partial charge in [0.25, 0.3) is 0 Å². The van der Waals surface area contributed by atoms with E-state index in [1.807, 2.05) is 25.3 Å². The van der Waals surface area contributed by atoms with E-state index in [2.05, 4.69) is 4.98 Å². The molecule has 1 heterocycles. The normalized spacial score (nSPS) is 14.8. The Bertz CT molecular complexity index is 568. The predicted molar refractivity (Wildman–Crippen MR) is 75.0 cm³/mol. The van der Waals surface area contributed by atoms with Crippen LogP contribution >= 0.6 is 11.6 Å². The average molecular weight is 285 g/mol. The zero-order valence-corrected chi connectivity index (χ0v) is 12.1. The van der Waals surface area contributed by atoms with E-state index in [1.165, 1.54) is 6.07 Å². The molecule has 0 aliphatic rings. The van der Waals surface area contributed by atoms with Crippen molar-refractivity contribution in [3.05, 3.63) is 29.8 Å². The molecule has 2 rings (SSSR count). The summed E-state index contributed by atoms with van der Waals surface area (Å²) in [4.78, 5) is 4.42. The van der Waals surface area contributed by atoms with Gasteiger partial charge >= 0.3 is 0 Å². The van der Waals surface area contributed by atoms with E-state index in [4.69, 9.17) is 16.3 Å². The highest BCUT2D eigenvalue weighted by molar-refractivity contribution is 6.20. The van der Waals surface area contributed by atoms with Crippen LogP contribution in [0, 0.1) is 5.82 Å². The van der Waals surface area contributed by atoms with Crippen molar-refractivity contribution in [1.82, 2.24) is 9.55 Å². The lowest BCUT2D eigenvalue weighted by molar-refractivity contribution is 0.0641. The molecule has 0 spiro atoms. The number of imidazole rings is 1. The molecular formula is C14H18ClFN2O. The number of halogens is 2. The Balaban J connectivity index is 2.51. The second-order valence-corrected chi connectivity index (χ2v) is 5.22. The molecule has 0 aliphatic heterocycles. The van der Waals surface area contributed by atoms with E-state index in [0.29, 0.717) is 30.0 Å². The van der Waals surface area contributed by atoms with Gasteiger partial charge in [0.15, 0.2) is 0 Å².